The third kappa shape index (κ3) is 15.3. The van der Waals surface area contributed by atoms with Crippen LogP contribution in [0.1, 0.15) is 78.6 Å². The van der Waals surface area contributed by atoms with Gasteiger partial charge >= 0.3 is 17.9 Å². The standard InChI is InChI=1S/C18H32O6/c1-4-16(19)22-13-9-5-7-11-17(20)23-14-10-6-8-12-18(21)24-15(2)3/h15H,4-14H2,1-3H3. The molecule has 0 aliphatic heterocycles. The molecule has 0 amide bonds. The molecule has 0 aromatic rings. The van der Waals surface area contributed by atoms with Crippen molar-refractivity contribution < 1.29 is 28.6 Å². The van der Waals surface area contributed by atoms with Crippen LogP contribution in [-0.4, -0.2) is 37.2 Å². The summed E-state index contributed by atoms with van der Waals surface area (Å²) in [6.45, 7) is 6.23. The Kier molecular flexibility index (Phi) is 14.0. The minimum atomic E-state index is -0.195. The molecule has 0 heterocycles. The van der Waals surface area contributed by atoms with Crippen molar-refractivity contribution in [3.05, 3.63) is 0 Å². The van der Waals surface area contributed by atoms with E-state index in [-0.39, 0.29) is 24.0 Å². The second kappa shape index (κ2) is 15.0. The number of hydrogen-bond acceptors (Lipinski definition) is 6. The molecule has 6 heteroatoms. The van der Waals surface area contributed by atoms with Crippen LogP contribution >= 0.6 is 0 Å². The Labute approximate surface area is 145 Å². The fourth-order valence-corrected chi connectivity index (χ4v) is 1.96. The van der Waals surface area contributed by atoms with Gasteiger partial charge in [-0.05, 0) is 52.4 Å². The zero-order chi connectivity index (χ0) is 18.2. The van der Waals surface area contributed by atoms with Crippen molar-refractivity contribution in [1.82, 2.24) is 0 Å². The van der Waals surface area contributed by atoms with Crippen molar-refractivity contribution >= 4 is 17.9 Å². The molecule has 0 aliphatic carbocycles. The quantitative estimate of drug-likeness (QED) is 0.272. The van der Waals surface area contributed by atoms with E-state index in [2.05, 4.69) is 0 Å². The summed E-state index contributed by atoms with van der Waals surface area (Å²) in [5.41, 5.74) is 0. The lowest BCUT2D eigenvalue weighted by Gasteiger charge is -2.08. The Morgan fingerprint density at radius 2 is 1.21 bits per heavy atom. The van der Waals surface area contributed by atoms with Crippen LogP contribution < -0.4 is 0 Å². The molecule has 24 heavy (non-hydrogen) atoms. The monoisotopic (exact) mass is 344 g/mol. The molecule has 0 aromatic carbocycles. The fraction of sp³-hybridized carbons (Fsp3) is 0.833. The highest BCUT2D eigenvalue weighted by Crippen LogP contribution is 2.05. The fourth-order valence-electron chi connectivity index (χ4n) is 1.96. The molecule has 0 fully saturated rings. The summed E-state index contributed by atoms with van der Waals surface area (Å²) >= 11 is 0. The molecular weight excluding hydrogens is 312 g/mol. The zero-order valence-electron chi connectivity index (χ0n) is 15.3. The average Bonchev–Trinajstić information content (AvgIpc) is 2.52. The van der Waals surface area contributed by atoms with E-state index in [0.29, 0.717) is 32.5 Å². The van der Waals surface area contributed by atoms with Gasteiger partial charge in [0.2, 0.25) is 0 Å². The molecule has 140 valence electrons. The van der Waals surface area contributed by atoms with Crippen LogP contribution in [0.3, 0.4) is 0 Å². The summed E-state index contributed by atoms with van der Waals surface area (Å²) in [6, 6.07) is 0. The van der Waals surface area contributed by atoms with Gasteiger partial charge in [0.1, 0.15) is 0 Å². The molecule has 0 aliphatic rings. The minimum absolute atomic E-state index is 0.0721. The van der Waals surface area contributed by atoms with Gasteiger partial charge in [0.05, 0.1) is 19.3 Å². The second-order valence-corrected chi connectivity index (χ2v) is 5.95. The van der Waals surface area contributed by atoms with E-state index in [1.807, 2.05) is 13.8 Å². The minimum Gasteiger partial charge on any atom is -0.466 e. The van der Waals surface area contributed by atoms with Crippen LogP contribution in [0.4, 0.5) is 0 Å². The predicted molar refractivity (Wildman–Crippen MR) is 90.4 cm³/mol. The third-order valence-electron chi connectivity index (χ3n) is 3.23. The summed E-state index contributed by atoms with van der Waals surface area (Å²) in [6.07, 6.45) is 5.81. The summed E-state index contributed by atoms with van der Waals surface area (Å²) in [5.74, 6) is -0.557. The molecule has 0 saturated heterocycles. The summed E-state index contributed by atoms with van der Waals surface area (Å²) < 4.78 is 15.1. The third-order valence-corrected chi connectivity index (χ3v) is 3.23. The maximum Gasteiger partial charge on any atom is 0.306 e. The van der Waals surface area contributed by atoms with Gasteiger partial charge in [-0.2, -0.15) is 0 Å². The highest BCUT2D eigenvalue weighted by molar-refractivity contribution is 5.69. The van der Waals surface area contributed by atoms with E-state index < -0.39 is 0 Å². The first-order chi connectivity index (χ1) is 11.5. The SMILES string of the molecule is CCC(=O)OCCCCCC(=O)OCCCCCC(=O)OC(C)C. The van der Waals surface area contributed by atoms with E-state index in [9.17, 15) is 14.4 Å². The van der Waals surface area contributed by atoms with Crippen LogP contribution in [0.2, 0.25) is 0 Å². The molecule has 0 bridgehead atoms. The highest BCUT2D eigenvalue weighted by atomic mass is 16.5. The maximum absolute atomic E-state index is 11.5. The first-order valence-electron chi connectivity index (χ1n) is 8.96. The lowest BCUT2D eigenvalue weighted by Crippen LogP contribution is -2.11. The number of esters is 3. The molecule has 0 radical (unpaired) electrons. The average molecular weight is 344 g/mol. The van der Waals surface area contributed by atoms with Crippen molar-refractivity contribution in [1.29, 1.82) is 0 Å². The molecular formula is C18H32O6. The molecule has 0 N–H and O–H groups in total. The van der Waals surface area contributed by atoms with E-state index >= 15 is 0 Å². The molecule has 0 saturated carbocycles. The van der Waals surface area contributed by atoms with Crippen molar-refractivity contribution in [2.75, 3.05) is 13.2 Å². The van der Waals surface area contributed by atoms with Gasteiger partial charge in [-0.1, -0.05) is 6.92 Å². The van der Waals surface area contributed by atoms with Crippen molar-refractivity contribution in [2.45, 2.75) is 84.7 Å². The normalized spacial score (nSPS) is 10.5. The topological polar surface area (TPSA) is 78.9 Å². The van der Waals surface area contributed by atoms with Crippen LogP contribution in [0, 0.1) is 0 Å². The van der Waals surface area contributed by atoms with Gasteiger partial charge in [-0.25, -0.2) is 0 Å². The first-order valence-corrected chi connectivity index (χ1v) is 8.96. The van der Waals surface area contributed by atoms with Gasteiger partial charge in [0.15, 0.2) is 0 Å². The summed E-state index contributed by atoms with van der Waals surface area (Å²) in [4.78, 5) is 33.7. The first kappa shape index (κ1) is 22.4. The van der Waals surface area contributed by atoms with Gasteiger partial charge in [0, 0.05) is 19.3 Å². The maximum atomic E-state index is 11.5. The smallest absolute Gasteiger partial charge is 0.306 e. The number of unbranched alkanes of at least 4 members (excludes halogenated alkanes) is 4. The predicted octanol–water partition coefficient (Wildman–Crippen LogP) is 3.56. The number of rotatable bonds is 14. The van der Waals surface area contributed by atoms with E-state index in [1.165, 1.54) is 0 Å². The highest BCUT2D eigenvalue weighted by Gasteiger charge is 2.06. The molecule has 0 spiro atoms. The van der Waals surface area contributed by atoms with Gasteiger partial charge in [-0.15, -0.1) is 0 Å². The number of carbonyl (C=O) groups excluding carboxylic acids is 3. The Morgan fingerprint density at radius 3 is 1.71 bits per heavy atom. The second-order valence-electron chi connectivity index (χ2n) is 5.95. The molecule has 0 atom stereocenters. The van der Waals surface area contributed by atoms with Crippen LogP contribution in [-0.2, 0) is 28.6 Å². The van der Waals surface area contributed by atoms with Gasteiger partial charge in [-0.3, -0.25) is 14.4 Å². The Bertz CT molecular complexity index is 365. The zero-order valence-corrected chi connectivity index (χ0v) is 15.3. The molecule has 6 nitrogen and oxygen atoms in total. The van der Waals surface area contributed by atoms with Gasteiger partial charge in [0.25, 0.3) is 0 Å². The largest absolute Gasteiger partial charge is 0.466 e. The van der Waals surface area contributed by atoms with E-state index in [0.717, 1.165) is 38.5 Å². The molecule has 0 aromatic heterocycles. The number of ether oxygens (including phenoxy) is 3. The molecule has 0 rings (SSSR count). The lowest BCUT2D eigenvalue weighted by molar-refractivity contribution is -0.148. The van der Waals surface area contributed by atoms with Crippen molar-refractivity contribution in [3.63, 3.8) is 0 Å². The van der Waals surface area contributed by atoms with Crippen molar-refractivity contribution in [2.24, 2.45) is 0 Å². The van der Waals surface area contributed by atoms with E-state index in [1.54, 1.807) is 6.92 Å². The Hall–Kier alpha value is -1.59. The Balaban J connectivity index is 3.35. The van der Waals surface area contributed by atoms with Gasteiger partial charge < -0.3 is 14.2 Å². The number of hydrogen-bond donors (Lipinski definition) is 0. The van der Waals surface area contributed by atoms with Crippen LogP contribution in [0.15, 0.2) is 0 Å². The Morgan fingerprint density at radius 1 is 0.708 bits per heavy atom. The molecule has 0 unspecified atom stereocenters. The lowest BCUT2D eigenvalue weighted by atomic mass is 10.2. The van der Waals surface area contributed by atoms with Crippen LogP contribution in [0.5, 0.6) is 0 Å². The van der Waals surface area contributed by atoms with Crippen molar-refractivity contribution in [3.8, 4) is 0 Å². The summed E-state index contributed by atoms with van der Waals surface area (Å²) in [7, 11) is 0. The summed E-state index contributed by atoms with van der Waals surface area (Å²) in [5, 5.41) is 0. The number of carbonyl (C=O) groups is 3. The van der Waals surface area contributed by atoms with Crippen LogP contribution in [0.25, 0.3) is 0 Å². The van der Waals surface area contributed by atoms with E-state index in [4.69, 9.17) is 14.2 Å².